The molecule has 3 heterocycles. The fourth-order valence-electron chi connectivity index (χ4n) is 4.21. The number of likely N-dealkylation sites (tertiary alicyclic amines) is 1. The van der Waals surface area contributed by atoms with Gasteiger partial charge in [-0.1, -0.05) is 12.1 Å². The van der Waals surface area contributed by atoms with Crippen LogP contribution in [0.25, 0.3) is 5.69 Å². The largest absolute Gasteiger partial charge is 0.476 e. The number of hydrogen-bond donors (Lipinski definition) is 0. The maximum atomic E-state index is 13.4. The molecule has 1 saturated heterocycles. The van der Waals surface area contributed by atoms with Crippen molar-refractivity contribution < 1.29 is 14.3 Å². The Morgan fingerprint density at radius 1 is 0.935 bits per heavy atom. The Labute approximate surface area is 180 Å². The summed E-state index contributed by atoms with van der Waals surface area (Å²) >= 11 is 0. The first-order valence-corrected chi connectivity index (χ1v) is 10.7. The lowest BCUT2D eigenvalue weighted by molar-refractivity contribution is -0.139. The predicted octanol–water partition coefficient (Wildman–Crippen LogP) is 3.29. The molecule has 0 saturated carbocycles. The zero-order chi connectivity index (χ0) is 21.2. The van der Waals surface area contributed by atoms with Crippen molar-refractivity contribution >= 4 is 17.5 Å². The van der Waals surface area contributed by atoms with Crippen LogP contribution in [0.15, 0.2) is 67.0 Å². The second-order valence-electron chi connectivity index (χ2n) is 7.87. The van der Waals surface area contributed by atoms with Crippen molar-refractivity contribution in [1.29, 1.82) is 0 Å². The molecule has 7 heteroatoms. The Bertz CT molecular complexity index is 1070. The molecule has 2 aliphatic heterocycles. The minimum absolute atomic E-state index is 0.0407. The van der Waals surface area contributed by atoms with Crippen LogP contribution >= 0.6 is 0 Å². The fourth-order valence-corrected chi connectivity index (χ4v) is 4.21. The summed E-state index contributed by atoms with van der Waals surface area (Å²) in [5.41, 5.74) is 2.12. The lowest BCUT2D eigenvalue weighted by Gasteiger charge is -2.37. The number of aromatic nitrogens is 2. The summed E-state index contributed by atoms with van der Waals surface area (Å²) in [6.45, 7) is 1.71. The maximum Gasteiger partial charge on any atom is 0.265 e. The van der Waals surface area contributed by atoms with Crippen molar-refractivity contribution in [2.24, 2.45) is 0 Å². The maximum absolute atomic E-state index is 13.4. The lowest BCUT2D eigenvalue weighted by Crippen LogP contribution is -2.52. The van der Waals surface area contributed by atoms with Crippen molar-refractivity contribution in [1.82, 2.24) is 14.7 Å². The SMILES string of the molecule is O=C([C@@H]1CN(C(=O)c2ccc(-n3cccn3)cc2)c2ccccc2O1)N1CCCCC1. The number of para-hydroxylation sites is 2. The van der Waals surface area contributed by atoms with E-state index in [1.165, 1.54) is 0 Å². The van der Waals surface area contributed by atoms with Crippen LogP contribution in [0.5, 0.6) is 5.75 Å². The van der Waals surface area contributed by atoms with Crippen LogP contribution in [0, 0.1) is 0 Å². The molecule has 0 spiro atoms. The van der Waals surface area contributed by atoms with Gasteiger partial charge >= 0.3 is 0 Å². The van der Waals surface area contributed by atoms with E-state index in [0.717, 1.165) is 38.0 Å². The number of piperidine rings is 1. The number of carbonyl (C=O) groups is 2. The highest BCUT2D eigenvalue weighted by Crippen LogP contribution is 2.34. The first kappa shape index (κ1) is 19.4. The van der Waals surface area contributed by atoms with E-state index in [-0.39, 0.29) is 18.4 Å². The Balaban J connectivity index is 1.41. The molecule has 3 aromatic rings. The molecule has 158 valence electrons. The van der Waals surface area contributed by atoms with Crippen molar-refractivity contribution in [3.05, 3.63) is 72.6 Å². The summed E-state index contributed by atoms with van der Waals surface area (Å²) in [4.78, 5) is 30.1. The van der Waals surface area contributed by atoms with Gasteiger partial charge in [0.2, 0.25) is 0 Å². The predicted molar refractivity (Wildman–Crippen MR) is 117 cm³/mol. The van der Waals surface area contributed by atoms with E-state index in [1.54, 1.807) is 27.9 Å². The second kappa shape index (κ2) is 8.26. The number of benzene rings is 2. The van der Waals surface area contributed by atoms with E-state index in [4.69, 9.17) is 4.74 Å². The minimum atomic E-state index is -0.694. The van der Waals surface area contributed by atoms with Gasteiger partial charge < -0.3 is 14.5 Å². The van der Waals surface area contributed by atoms with Crippen LogP contribution in [-0.2, 0) is 4.79 Å². The molecular weight excluding hydrogens is 392 g/mol. The third-order valence-corrected chi connectivity index (χ3v) is 5.85. The average Bonchev–Trinajstić information content (AvgIpc) is 3.38. The summed E-state index contributed by atoms with van der Waals surface area (Å²) in [6.07, 6.45) is 6.05. The van der Waals surface area contributed by atoms with Crippen LogP contribution in [-0.4, -0.2) is 52.2 Å². The smallest absolute Gasteiger partial charge is 0.265 e. The lowest BCUT2D eigenvalue weighted by atomic mass is 10.1. The Hall–Kier alpha value is -3.61. The van der Waals surface area contributed by atoms with Crippen LogP contribution in [0.2, 0.25) is 0 Å². The third-order valence-electron chi connectivity index (χ3n) is 5.85. The first-order chi connectivity index (χ1) is 15.2. The average molecular weight is 416 g/mol. The summed E-state index contributed by atoms with van der Waals surface area (Å²) in [7, 11) is 0. The quantitative estimate of drug-likeness (QED) is 0.657. The van der Waals surface area contributed by atoms with Gasteiger partial charge in [-0.15, -0.1) is 0 Å². The summed E-state index contributed by atoms with van der Waals surface area (Å²) < 4.78 is 7.78. The molecule has 31 heavy (non-hydrogen) atoms. The molecule has 0 unspecified atom stereocenters. The van der Waals surface area contributed by atoms with E-state index in [9.17, 15) is 9.59 Å². The van der Waals surface area contributed by atoms with Gasteiger partial charge in [0, 0.05) is 31.0 Å². The van der Waals surface area contributed by atoms with E-state index < -0.39 is 6.10 Å². The highest BCUT2D eigenvalue weighted by atomic mass is 16.5. The summed E-state index contributed by atoms with van der Waals surface area (Å²) in [6, 6.07) is 16.6. The van der Waals surface area contributed by atoms with Gasteiger partial charge in [-0.25, -0.2) is 4.68 Å². The molecule has 0 aliphatic carbocycles. The summed E-state index contributed by atoms with van der Waals surface area (Å²) in [5, 5.41) is 4.22. The molecular formula is C24H24N4O3. The third kappa shape index (κ3) is 3.79. The molecule has 0 radical (unpaired) electrons. The highest BCUT2D eigenvalue weighted by Gasteiger charge is 2.36. The number of rotatable bonds is 3. The number of amides is 2. The van der Waals surface area contributed by atoms with Crippen LogP contribution < -0.4 is 9.64 Å². The zero-order valence-corrected chi connectivity index (χ0v) is 17.2. The van der Waals surface area contributed by atoms with E-state index in [1.807, 2.05) is 53.6 Å². The topological polar surface area (TPSA) is 67.7 Å². The van der Waals surface area contributed by atoms with Gasteiger partial charge in [-0.05, 0) is 61.7 Å². The molecule has 0 bridgehead atoms. The Morgan fingerprint density at radius 3 is 2.45 bits per heavy atom. The fraction of sp³-hybridized carbons (Fsp3) is 0.292. The molecule has 7 nitrogen and oxygen atoms in total. The molecule has 5 rings (SSSR count). The zero-order valence-electron chi connectivity index (χ0n) is 17.2. The second-order valence-corrected chi connectivity index (χ2v) is 7.87. The standard InChI is InChI=1S/C24H24N4O3/c29-23(18-9-11-19(12-10-18)28-16-6-13-25-28)27-17-22(24(30)26-14-4-1-5-15-26)31-21-8-3-2-7-20(21)27/h2-3,6-13,16,22H,1,4-5,14-15,17H2/t22-/m0/s1. The van der Waals surface area contributed by atoms with Crippen LogP contribution in [0.4, 0.5) is 5.69 Å². The van der Waals surface area contributed by atoms with Gasteiger partial charge in [-0.3, -0.25) is 9.59 Å². The van der Waals surface area contributed by atoms with E-state index in [2.05, 4.69) is 5.10 Å². The van der Waals surface area contributed by atoms with Gasteiger partial charge in [0.15, 0.2) is 6.10 Å². The number of hydrogen-bond acceptors (Lipinski definition) is 4. The van der Waals surface area contributed by atoms with Gasteiger partial charge in [-0.2, -0.15) is 5.10 Å². The van der Waals surface area contributed by atoms with Crippen molar-refractivity contribution in [3.63, 3.8) is 0 Å². The Morgan fingerprint density at radius 2 is 1.71 bits per heavy atom. The van der Waals surface area contributed by atoms with Gasteiger partial charge in [0.25, 0.3) is 11.8 Å². The molecule has 2 aliphatic rings. The summed E-state index contributed by atoms with van der Waals surface area (Å²) in [5.74, 6) is 0.367. The highest BCUT2D eigenvalue weighted by molar-refractivity contribution is 6.08. The number of carbonyl (C=O) groups excluding carboxylic acids is 2. The molecule has 1 fully saturated rings. The molecule has 2 aromatic carbocycles. The van der Waals surface area contributed by atoms with Crippen molar-refractivity contribution in [2.45, 2.75) is 25.4 Å². The van der Waals surface area contributed by atoms with E-state index >= 15 is 0 Å². The number of anilines is 1. The van der Waals surface area contributed by atoms with Gasteiger partial charge in [0.05, 0.1) is 17.9 Å². The molecule has 1 aromatic heterocycles. The number of ether oxygens (including phenoxy) is 1. The number of fused-ring (bicyclic) bond motifs is 1. The van der Waals surface area contributed by atoms with Crippen LogP contribution in [0.1, 0.15) is 29.6 Å². The first-order valence-electron chi connectivity index (χ1n) is 10.7. The molecule has 2 amide bonds. The van der Waals surface area contributed by atoms with Crippen LogP contribution in [0.3, 0.4) is 0 Å². The molecule has 0 N–H and O–H groups in total. The Kier molecular flexibility index (Phi) is 5.16. The van der Waals surface area contributed by atoms with E-state index in [0.29, 0.717) is 17.0 Å². The normalized spacial score (nSPS) is 18.3. The van der Waals surface area contributed by atoms with Crippen molar-refractivity contribution in [3.8, 4) is 11.4 Å². The van der Waals surface area contributed by atoms with Gasteiger partial charge in [0.1, 0.15) is 5.75 Å². The van der Waals surface area contributed by atoms with Crippen molar-refractivity contribution in [2.75, 3.05) is 24.5 Å². The minimum Gasteiger partial charge on any atom is -0.476 e. The number of nitrogens with zero attached hydrogens (tertiary/aromatic N) is 4. The molecule has 1 atom stereocenters. The monoisotopic (exact) mass is 416 g/mol.